The number of aryl methyl sites for hydroxylation is 1. The summed E-state index contributed by atoms with van der Waals surface area (Å²) in [7, 11) is 0. The number of hydrogen-bond donors (Lipinski definition) is 1. The van der Waals surface area contributed by atoms with E-state index < -0.39 is 0 Å². The van der Waals surface area contributed by atoms with E-state index in [1.54, 1.807) is 18.2 Å². The molecule has 0 atom stereocenters. The van der Waals surface area contributed by atoms with Crippen LogP contribution in [0.15, 0.2) is 53.6 Å². The van der Waals surface area contributed by atoms with Crippen LogP contribution in [-0.4, -0.2) is 20.3 Å². The molecule has 0 radical (unpaired) electrons. The van der Waals surface area contributed by atoms with Crippen molar-refractivity contribution in [1.29, 1.82) is 0 Å². The highest BCUT2D eigenvalue weighted by Gasteiger charge is 2.17. The predicted molar refractivity (Wildman–Crippen MR) is 98.4 cm³/mol. The van der Waals surface area contributed by atoms with Crippen LogP contribution in [0, 0.1) is 6.92 Å². The fourth-order valence-corrected chi connectivity index (χ4v) is 3.28. The van der Waals surface area contributed by atoms with Crippen molar-refractivity contribution in [1.82, 2.24) is 14.5 Å². The molecular weight excluding hydrogens is 338 g/mol. The number of halogens is 1. The summed E-state index contributed by atoms with van der Waals surface area (Å²) in [4.78, 5) is 32.9. The number of nitrogens with zero attached hydrogens (tertiary/aromatic N) is 2. The summed E-state index contributed by atoms with van der Waals surface area (Å²) in [6, 6.07) is 12.5. The summed E-state index contributed by atoms with van der Waals surface area (Å²) in [6.07, 6.45) is 1.39. The van der Waals surface area contributed by atoms with E-state index in [-0.39, 0.29) is 17.9 Å². The van der Waals surface area contributed by atoms with E-state index in [9.17, 15) is 9.59 Å². The van der Waals surface area contributed by atoms with Crippen LogP contribution in [0.1, 0.15) is 16.1 Å². The Hall–Kier alpha value is -2.92. The van der Waals surface area contributed by atoms with Crippen molar-refractivity contribution < 1.29 is 4.79 Å². The number of carbonyl (C=O) groups is 1. The van der Waals surface area contributed by atoms with Crippen LogP contribution >= 0.6 is 11.6 Å². The number of aromatic amines is 1. The van der Waals surface area contributed by atoms with Crippen molar-refractivity contribution in [2.24, 2.45) is 0 Å². The maximum absolute atomic E-state index is 12.8. The molecule has 0 aliphatic rings. The Morgan fingerprint density at radius 2 is 2.00 bits per heavy atom. The molecule has 0 fully saturated rings. The van der Waals surface area contributed by atoms with Crippen LogP contribution in [0.25, 0.3) is 21.8 Å². The topological polar surface area (TPSA) is 67.8 Å². The Morgan fingerprint density at radius 3 is 2.84 bits per heavy atom. The molecule has 2 aromatic carbocycles. The largest absolute Gasteiger partial charge is 0.358 e. The summed E-state index contributed by atoms with van der Waals surface area (Å²) in [5, 5.41) is 1.82. The predicted octanol–water partition coefficient (Wildman–Crippen LogP) is 3.72. The highest BCUT2D eigenvalue weighted by Crippen LogP contribution is 2.22. The molecule has 1 N–H and O–H groups in total. The lowest BCUT2D eigenvalue weighted by atomic mass is 10.1. The molecule has 0 aliphatic carbocycles. The van der Waals surface area contributed by atoms with Gasteiger partial charge in [-0.2, -0.15) is 0 Å². The van der Waals surface area contributed by atoms with Crippen LogP contribution in [0.5, 0.6) is 0 Å². The Balaban J connectivity index is 1.77. The van der Waals surface area contributed by atoms with E-state index in [1.807, 2.05) is 31.2 Å². The molecule has 0 saturated carbocycles. The van der Waals surface area contributed by atoms with Gasteiger partial charge in [0.15, 0.2) is 5.78 Å². The molecule has 5 nitrogen and oxygen atoms in total. The van der Waals surface area contributed by atoms with E-state index in [4.69, 9.17) is 11.6 Å². The Labute approximate surface area is 147 Å². The van der Waals surface area contributed by atoms with Gasteiger partial charge in [0.25, 0.3) is 5.56 Å². The zero-order valence-corrected chi connectivity index (χ0v) is 14.2. The molecule has 2 aromatic heterocycles. The zero-order valence-electron chi connectivity index (χ0n) is 13.4. The van der Waals surface area contributed by atoms with Crippen LogP contribution in [-0.2, 0) is 6.54 Å². The van der Waals surface area contributed by atoms with Crippen LogP contribution in [0.3, 0.4) is 0 Å². The maximum Gasteiger partial charge on any atom is 0.261 e. The number of Topliss-reactive ketones (excluding diaryl/α,β-unsaturated/α-hetero) is 1. The normalized spacial score (nSPS) is 11.3. The van der Waals surface area contributed by atoms with Crippen LogP contribution in [0.2, 0.25) is 5.02 Å². The summed E-state index contributed by atoms with van der Waals surface area (Å²) in [5.41, 5.74) is 2.57. The number of hydrogen-bond acceptors (Lipinski definition) is 3. The van der Waals surface area contributed by atoms with Crippen LogP contribution in [0.4, 0.5) is 0 Å². The molecule has 0 saturated heterocycles. The highest BCUT2D eigenvalue weighted by atomic mass is 35.5. The minimum Gasteiger partial charge on any atom is -0.358 e. The number of nitrogens with one attached hydrogen (secondary N) is 1. The summed E-state index contributed by atoms with van der Waals surface area (Å²) in [5.74, 6) is -0.132. The number of para-hydroxylation sites is 1. The van der Waals surface area contributed by atoms with Gasteiger partial charge in [0.05, 0.1) is 23.8 Å². The Morgan fingerprint density at radius 1 is 1.20 bits per heavy atom. The van der Waals surface area contributed by atoms with Crippen LogP contribution < -0.4 is 5.56 Å². The molecule has 2 heterocycles. The molecule has 124 valence electrons. The molecule has 25 heavy (non-hydrogen) atoms. The molecule has 4 rings (SSSR count). The van der Waals surface area contributed by atoms with Crippen molar-refractivity contribution in [2.75, 3.05) is 0 Å². The molecule has 0 spiro atoms. The molecule has 4 aromatic rings. The van der Waals surface area contributed by atoms with Gasteiger partial charge < -0.3 is 4.98 Å². The number of ketones is 1. The summed E-state index contributed by atoms with van der Waals surface area (Å²) in [6.45, 7) is 1.80. The lowest BCUT2D eigenvalue weighted by molar-refractivity contribution is 0.0971. The van der Waals surface area contributed by atoms with Crippen molar-refractivity contribution in [3.63, 3.8) is 0 Å². The molecule has 6 heteroatoms. The van der Waals surface area contributed by atoms with Gasteiger partial charge in [-0.25, -0.2) is 4.98 Å². The van der Waals surface area contributed by atoms with E-state index >= 15 is 0 Å². The number of fused-ring (bicyclic) bond motifs is 2. The smallest absolute Gasteiger partial charge is 0.261 e. The van der Waals surface area contributed by atoms with E-state index in [1.165, 1.54) is 10.9 Å². The lowest BCUT2D eigenvalue weighted by Gasteiger charge is -2.07. The third-order valence-electron chi connectivity index (χ3n) is 4.27. The van der Waals surface area contributed by atoms with E-state index in [0.29, 0.717) is 21.5 Å². The van der Waals surface area contributed by atoms with Gasteiger partial charge in [0.1, 0.15) is 0 Å². The van der Waals surface area contributed by atoms with Gasteiger partial charge in [0.2, 0.25) is 0 Å². The first-order valence-corrected chi connectivity index (χ1v) is 8.17. The lowest BCUT2D eigenvalue weighted by Crippen LogP contribution is -2.24. The molecule has 0 aliphatic heterocycles. The maximum atomic E-state index is 12.8. The van der Waals surface area contributed by atoms with Gasteiger partial charge in [-0.05, 0) is 31.2 Å². The monoisotopic (exact) mass is 351 g/mol. The van der Waals surface area contributed by atoms with Crippen molar-refractivity contribution in [3.8, 4) is 0 Å². The SMILES string of the molecule is Cc1[nH]c2ccccc2c1C(=O)Cn1cnc2cc(Cl)ccc2c1=O. The number of benzene rings is 2. The minimum atomic E-state index is -0.257. The first kappa shape index (κ1) is 15.6. The molecule has 0 bridgehead atoms. The number of carbonyl (C=O) groups excluding carboxylic acids is 1. The van der Waals surface area contributed by atoms with Gasteiger partial charge in [0, 0.05) is 27.2 Å². The van der Waals surface area contributed by atoms with Crippen molar-refractivity contribution in [3.05, 3.63) is 75.4 Å². The number of H-pyrrole nitrogens is 1. The first-order chi connectivity index (χ1) is 12.0. The van der Waals surface area contributed by atoms with Gasteiger partial charge in [-0.15, -0.1) is 0 Å². The van der Waals surface area contributed by atoms with E-state index in [0.717, 1.165) is 16.6 Å². The molecular formula is C19H14ClN3O2. The fraction of sp³-hybridized carbons (Fsp3) is 0.105. The van der Waals surface area contributed by atoms with E-state index in [2.05, 4.69) is 9.97 Å². The summed E-state index contributed by atoms with van der Waals surface area (Å²) >= 11 is 5.93. The summed E-state index contributed by atoms with van der Waals surface area (Å²) < 4.78 is 1.33. The molecule has 0 amide bonds. The first-order valence-electron chi connectivity index (χ1n) is 7.80. The number of rotatable bonds is 3. The minimum absolute atomic E-state index is 0.0624. The van der Waals surface area contributed by atoms with Gasteiger partial charge in [-0.3, -0.25) is 14.2 Å². The van der Waals surface area contributed by atoms with Crippen molar-refractivity contribution in [2.45, 2.75) is 13.5 Å². The standard InChI is InChI=1S/C19H14ClN3O2/c1-11-18(13-4-2-3-5-15(13)22-11)17(24)9-23-10-21-16-8-12(20)6-7-14(16)19(23)25/h2-8,10,22H,9H2,1H3. The third-order valence-corrected chi connectivity index (χ3v) is 4.51. The third kappa shape index (κ3) is 2.62. The Kier molecular flexibility index (Phi) is 3.66. The quantitative estimate of drug-likeness (QED) is 0.572. The van der Waals surface area contributed by atoms with Gasteiger partial charge >= 0.3 is 0 Å². The van der Waals surface area contributed by atoms with Gasteiger partial charge in [-0.1, -0.05) is 29.8 Å². The second-order valence-corrected chi connectivity index (χ2v) is 6.37. The fourth-order valence-electron chi connectivity index (χ4n) is 3.11. The second-order valence-electron chi connectivity index (χ2n) is 5.93. The highest BCUT2D eigenvalue weighted by molar-refractivity contribution is 6.31. The van der Waals surface area contributed by atoms with Crippen molar-refractivity contribution >= 4 is 39.2 Å². The second kappa shape index (κ2) is 5.86. The molecule has 0 unspecified atom stereocenters. The number of aromatic nitrogens is 3. The Bertz CT molecular complexity index is 1190. The average Bonchev–Trinajstić information content (AvgIpc) is 2.93. The zero-order chi connectivity index (χ0) is 17.6. The average molecular weight is 352 g/mol.